The van der Waals surface area contributed by atoms with Gasteiger partial charge in [-0.3, -0.25) is 4.79 Å². The van der Waals surface area contributed by atoms with Crippen LogP contribution in [0.5, 0.6) is 0 Å². The fraction of sp³-hybridized carbons (Fsp3) is 0.556. The molecule has 1 aromatic rings. The maximum atomic E-state index is 11.4. The van der Waals surface area contributed by atoms with Crippen LogP contribution in [0.3, 0.4) is 0 Å². The van der Waals surface area contributed by atoms with Crippen LogP contribution in [0.15, 0.2) is 18.2 Å². The van der Waals surface area contributed by atoms with Crippen molar-refractivity contribution < 1.29 is 9.53 Å². The number of anilines is 1. The van der Waals surface area contributed by atoms with E-state index in [4.69, 9.17) is 22.7 Å². The molecule has 3 N–H and O–H groups in total. The van der Waals surface area contributed by atoms with Gasteiger partial charge in [0.05, 0.1) is 13.2 Å². The predicted octanol–water partition coefficient (Wildman–Crippen LogP) is 2.82. The molecule has 0 aliphatic carbocycles. The van der Waals surface area contributed by atoms with Crippen molar-refractivity contribution in [2.24, 2.45) is 5.73 Å². The Morgan fingerprint density at radius 3 is 2.38 bits per heavy atom. The maximum Gasteiger partial charge on any atom is 0.248 e. The van der Waals surface area contributed by atoms with Crippen LogP contribution < -0.4 is 11.1 Å². The fourth-order valence-corrected chi connectivity index (χ4v) is 3.16. The summed E-state index contributed by atoms with van der Waals surface area (Å²) in [6.45, 7) is 10.2. The third-order valence-corrected chi connectivity index (χ3v) is 4.64. The van der Waals surface area contributed by atoms with Crippen LogP contribution in [0.4, 0.5) is 5.69 Å². The molecule has 0 saturated carbocycles. The summed E-state index contributed by atoms with van der Waals surface area (Å²) in [4.78, 5) is 13.3. The Morgan fingerprint density at radius 1 is 1.29 bits per heavy atom. The number of nitrogens with zero attached hydrogens (tertiary/aromatic N) is 1. The molecule has 1 fully saturated rings. The molecule has 1 saturated heterocycles. The van der Waals surface area contributed by atoms with Crippen molar-refractivity contribution >= 4 is 28.9 Å². The summed E-state index contributed by atoms with van der Waals surface area (Å²) < 4.78 is 5.39. The second-order valence-corrected chi connectivity index (χ2v) is 7.15. The monoisotopic (exact) mass is 349 g/mol. The molecule has 5 nitrogen and oxygen atoms in total. The van der Waals surface area contributed by atoms with Crippen molar-refractivity contribution in [3.05, 3.63) is 29.3 Å². The molecule has 1 heterocycles. The zero-order chi connectivity index (χ0) is 17.9. The van der Waals surface area contributed by atoms with E-state index in [2.05, 4.69) is 51.2 Å². The number of benzene rings is 1. The topological polar surface area (TPSA) is 67.6 Å². The van der Waals surface area contributed by atoms with Gasteiger partial charge in [0.15, 0.2) is 11.2 Å². The highest BCUT2D eigenvalue weighted by molar-refractivity contribution is 7.80. The Labute approximate surface area is 149 Å². The highest BCUT2D eigenvalue weighted by atomic mass is 32.1. The molecule has 132 valence electrons. The Hall–Kier alpha value is -1.66. The SMILES string of the molecule is CC(C)c1cccc(C(C)C)c1NC(=S)N1CCO[C@@H](C(N)=O)C1. The molecule has 2 rings (SSSR count). The summed E-state index contributed by atoms with van der Waals surface area (Å²) in [5.74, 6) is 0.321. The van der Waals surface area contributed by atoms with Gasteiger partial charge in [0, 0.05) is 12.2 Å². The lowest BCUT2D eigenvalue weighted by molar-refractivity contribution is -0.133. The number of thiocarbonyl (C=S) groups is 1. The third kappa shape index (κ3) is 4.24. The van der Waals surface area contributed by atoms with Crippen molar-refractivity contribution in [3.63, 3.8) is 0 Å². The molecule has 1 aromatic carbocycles. The molecule has 0 unspecified atom stereocenters. The number of nitrogens with one attached hydrogen (secondary N) is 1. The van der Waals surface area contributed by atoms with E-state index in [0.29, 0.717) is 36.6 Å². The first kappa shape index (κ1) is 18.7. The molecule has 0 bridgehead atoms. The smallest absolute Gasteiger partial charge is 0.248 e. The highest BCUT2D eigenvalue weighted by Gasteiger charge is 2.27. The van der Waals surface area contributed by atoms with Crippen molar-refractivity contribution in [3.8, 4) is 0 Å². The van der Waals surface area contributed by atoms with Gasteiger partial charge in [-0.25, -0.2) is 0 Å². The van der Waals surface area contributed by atoms with Gasteiger partial charge in [0.2, 0.25) is 5.91 Å². The van der Waals surface area contributed by atoms with Crippen LogP contribution in [0, 0.1) is 0 Å². The maximum absolute atomic E-state index is 11.4. The average Bonchev–Trinajstić information content (AvgIpc) is 2.54. The second kappa shape index (κ2) is 7.94. The lowest BCUT2D eigenvalue weighted by atomic mass is 9.93. The van der Waals surface area contributed by atoms with Gasteiger partial charge in [-0.15, -0.1) is 0 Å². The fourth-order valence-electron chi connectivity index (χ4n) is 2.89. The first-order valence-corrected chi connectivity index (χ1v) is 8.81. The zero-order valence-corrected chi connectivity index (χ0v) is 15.7. The van der Waals surface area contributed by atoms with Crippen LogP contribution in [-0.2, 0) is 9.53 Å². The van der Waals surface area contributed by atoms with E-state index in [1.54, 1.807) is 0 Å². The Balaban J connectivity index is 2.23. The molecule has 0 spiro atoms. The lowest BCUT2D eigenvalue weighted by Crippen LogP contribution is -2.51. The molecule has 1 atom stereocenters. The summed E-state index contributed by atoms with van der Waals surface area (Å²) >= 11 is 5.59. The van der Waals surface area contributed by atoms with E-state index in [1.807, 2.05) is 4.90 Å². The quantitative estimate of drug-likeness (QED) is 0.818. The number of hydrogen-bond acceptors (Lipinski definition) is 3. The number of carbonyl (C=O) groups excluding carboxylic acids is 1. The summed E-state index contributed by atoms with van der Waals surface area (Å²) in [5.41, 5.74) is 8.91. The number of hydrogen-bond donors (Lipinski definition) is 2. The molecular weight excluding hydrogens is 322 g/mol. The molecule has 1 aliphatic rings. The van der Waals surface area contributed by atoms with Crippen molar-refractivity contribution in [2.45, 2.75) is 45.6 Å². The number of primary amides is 1. The summed E-state index contributed by atoms with van der Waals surface area (Å²) in [6.07, 6.45) is -0.608. The van der Waals surface area contributed by atoms with E-state index < -0.39 is 12.0 Å². The standard InChI is InChI=1S/C18H27N3O2S/c1-11(2)13-6-5-7-14(12(3)4)16(13)20-18(24)21-8-9-23-15(10-21)17(19)22/h5-7,11-12,15H,8-10H2,1-4H3,(H2,19,22)(H,20,24)/t15-/m1/s1. The van der Waals surface area contributed by atoms with Gasteiger partial charge in [-0.2, -0.15) is 0 Å². The molecule has 0 radical (unpaired) electrons. The number of morpholine rings is 1. The van der Waals surface area contributed by atoms with Gasteiger partial charge < -0.3 is 20.7 Å². The molecule has 1 aliphatic heterocycles. The van der Waals surface area contributed by atoms with Gasteiger partial charge in [-0.05, 0) is 35.2 Å². The van der Waals surface area contributed by atoms with Crippen molar-refractivity contribution in [1.29, 1.82) is 0 Å². The van der Waals surface area contributed by atoms with Gasteiger partial charge in [-0.1, -0.05) is 45.9 Å². The number of ether oxygens (including phenoxy) is 1. The number of rotatable bonds is 4. The zero-order valence-electron chi connectivity index (χ0n) is 14.8. The minimum absolute atomic E-state index is 0.386. The van der Waals surface area contributed by atoms with Crippen molar-refractivity contribution in [1.82, 2.24) is 4.90 Å². The second-order valence-electron chi connectivity index (χ2n) is 6.76. The van der Waals surface area contributed by atoms with Crippen LogP contribution in [0.1, 0.15) is 50.7 Å². The molecular formula is C18H27N3O2S. The minimum Gasteiger partial charge on any atom is -0.367 e. The van der Waals surface area contributed by atoms with E-state index in [9.17, 15) is 4.79 Å². The van der Waals surface area contributed by atoms with Gasteiger partial charge in [0.25, 0.3) is 0 Å². The number of carbonyl (C=O) groups is 1. The van der Waals surface area contributed by atoms with Crippen LogP contribution >= 0.6 is 12.2 Å². The van der Waals surface area contributed by atoms with E-state index in [-0.39, 0.29) is 0 Å². The van der Waals surface area contributed by atoms with Crippen molar-refractivity contribution in [2.75, 3.05) is 25.0 Å². The third-order valence-electron chi connectivity index (χ3n) is 4.28. The van der Waals surface area contributed by atoms with Gasteiger partial charge in [0.1, 0.15) is 0 Å². The summed E-state index contributed by atoms with van der Waals surface area (Å²) in [5, 5.41) is 4.03. The predicted molar refractivity (Wildman–Crippen MR) is 101 cm³/mol. The Bertz CT molecular complexity index is 590. The van der Waals surface area contributed by atoms with Crippen LogP contribution in [0.25, 0.3) is 0 Å². The molecule has 24 heavy (non-hydrogen) atoms. The average molecular weight is 350 g/mol. The minimum atomic E-state index is -0.608. The Morgan fingerprint density at radius 2 is 1.88 bits per heavy atom. The van der Waals surface area contributed by atoms with Crippen LogP contribution in [-0.4, -0.2) is 41.7 Å². The van der Waals surface area contributed by atoms with Crippen LogP contribution in [0.2, 0.25) is 0 Å². The highest BCUT2D eigenvalue weighted by Crippen LogP contribution is 2.32. The first-order valence-electron chi connectivity index (χ1n) is 8.41. The van der Waals surface area contributed by atoms with E-state index >= 15 is 0 Å². The van der Waals surface area contributed by atoms with E-state index in [0.717, 1.165) is 5.69 Å². The summed E-state index contributed by atoms with van der Waals surface area (Å²) in [6, 6.07) is 6.36. The van der Waals surface area contributed by atoms with Gasteiger partial charge >= 0.3 is 0 Å². The largest absolute Gasteiger partial charge is 0.367 e. The normalized spacial score (nSPS) is 18.1. The number of para-hydroxylation sites is 1. The molecule has 1 amide bonds. The Kier molecular flexibility index (Phi) is 6.18. The molecule has 0 aromatic heterocycles. The molecule has 6 heteroatoms. The van der Waals surface area contributed by atoms with E-state index in [1.165, 1.54) is 11.1 Å². The lowest BCUT2D eigenvalue weighted by Gasteiger charge is -2.34. The number of nitrogens with two attached hydrogens (primary N) is 1. The number of amides is 1. The summed E-state index contributed by atoms with van der Waals surface area (Å²) in [7, 11) is 0. The first-order chi connectivity index (χ1) is 11.3.